The van der Waals surface area contributed by atoms with E-state index in [4.69, 9.17) is 21.6 Å². The van der Waals surface area contributed by atoms with E-state index in [1.807, 2.05) is 0 Å². The largest absolute Gasteiger partial charge is 0.461 e. The number of allylic oxidation sites excluding steroid dienone is 4. The van der Waals surface area contributed by atoms with Crippen molar-refractivity contribution >= 4 is 11.9 Å². The molecule has 3 rings (SSSR count). The fraction of sp³-hybridized carbons (Fsp3) is 0.758. The first-order valence-electron chi connectivity index (χ1n) is 15.6. The van der Waals surface area contributed by atoms with Crippen LogP contribution in [0.15, 0.2) is 35.5 Å². The van der Waals surface area contributed by atoms with Crippen LogP contribution in [0.25, 0.3) is 0 Å². The molecule has 6 atom stereocenters. The van der Waals surface area contributed by atoms with Crippen LogP contribution in [-0.4, -0.2) is 30.6 Å². The van der Waals surface area contributed by atoms with Gasteiger partial charge in [0.15, 0.2) is 5.96 Å². The van der Waals surface area contributed by atoms with Gasteiger partial charge in [-0.3, -0.25) is 10.2 Å². The van der Waals surface area contributed by atoms with Gasteiger partial charge in [0.05, 0.1) is 0 Å². The van der Waals surface area contributed by atoms with E-state index in [2.05, 4.69) is 51.7 Å². The van der Waals surface area contributed by atoms with Gasteiger partial charge in [0.2, 0.25) is 0 Å². The van der Waals surface area contributed by atoms with Crippen LogP contribution in [0, 0.1) is 34.5 Å². The minimum absolute atomic E-state index is 0.0693. The highest BCUT2D eigenvalue weighted by Gasteiger charge is 2.50. The predicted octanol–water partition coefficient (Wildman–Crippen LogP) is 6.76. The first-order chi connectivity index (χ1) is 18.5. The minimum atomic E-state index is -0.651. The summed E-state index contributed by atoms with van der Waals surface area (Å²) >= 11 is 0. The Morgan fingerprint density at radius 1 is 1.15 bits per heavy atom. The first kappa shape index (κ1) is 31.4. The summed E-state index contributed by atoms with van der Waals surface area (Å²) in [6, 6.07) is -0.651. The topological polar surface area (TPSA) is 114 Å². The zero-order valence-corrected chi connectivity index (χ0v) is 25.2. The summed E-state index contributed by atoms with van der Waals surface area (Å²) in [6.07, 6.45) is 18.7. The van der Waals surface area contributed by atoms with Crippen molar-refractivity contribution in [3.05, 3.63) is 35.5 Å². The highest BCUT2D eigenvalue weighted by Crippen LogP contribution is 2.60. The summed E-state index contributed by atoms with van der Waals surface area (Å²) in [5.74, 6) is 2.73. The molecule has 3 saturated carbocycles. The fourth-order valence-electron chi connectivity index (χ4n) is 7.66. The lowest BCUT2D eigenvalue weighted by Gasteiger charge is -2.44. The molecule has 0 aromatic heterocycles. The summed E-state index contributed by atoms with van der Waals surface area (Å²) in [5.41, 5.74) is 15.8. The second-order valence-corrected chi connectivity index (χ2v) is 13.3. The minimum Gasteiger partial charge on any atom is -0.461 e. The number of carbonyl (C=O) groups is 1. The molecular weight excluding hydrogens is 484 g/mol. The number of hydrogen-bond acceptors (Lipinski definition) is 4. The number of ether oxygens (including phenoxy) is 1. The summed E-state index contributed by atoms with van der Waals surface area (Å²) < 4.78 is 5.82. The Labute approximate surface area is 238 Å². The average Bonchev–Trinajstić information content (AvgIpc) is 3.24. The molecule has 0 bridgehead atoms. The maximum atomic E-state index is 12.6. The van der Waals surface area contributed by atoms with Gasteiger partial charge >= 0.3 is 5.97 Å². The number of fused-ring (bicyclic) bond motifs is 1. The van der Waals surface area contributed by atoms with E-state index in [1.165, 1.54) is 62.5 Å². The van der Waals surface area contributed by atoms with Crippen molar-refractivity contribution in [1.82, 2.24) is 5.32 Å². The maximum Gasteiger partial charge on any atom is 0.323 e. The van der Waals surface area contributed by atoms with Gasteiger partial charge in [0.25, 0.3) is 0 Å². The van der Waals surface area contributed by atoms with E-state index in [1.54, 1.807) is 5.57 Å². The second kappa shape index (κ2) is 14.5. The van der Waals surface area contributed by atoms with Crippen molar-refractivity contribution in [3.63, 3.8) is 0 Å². The summed E-state index contributed by atoms with van der Waals surface area (Å²) in [5, 5.41) is 9.94. The third kappa shape index (κ3) is 8.70. The van der Waals surface area contributed by atoms with E-state index in [9.17, 15) is 4.79 Å². The average molecular weight is 541 g/mol. The normalized spacial score (nSPS) is 30.8. The summed E-state index contributed by atoms with van der Waals surface area (Å²) in [6.45, 7) is 14.6. The van der Waals surface area contributed by atoms with Gasteiger partial charge in [-0.05, 0) is 92.4 Å². The van der Waals surface area contributed by atoms with Crippen LogP contribution in [0.3, 0.4) is 0 Å². The number of guanidine groups is 1. The number of hydrogen-bond donors (Lipinski definition) is 4. The van der Waals surface area contributed by atoms with Crippen molar-refractivity contribution < 1.29 is 9.53 Å². The Morgan fingerprint density at radius 3 is 2.64 bits per heavy atom. The van der Waals surface area contributed by atoms with E-state index >= 15 is 0 Å². The number of nitrogens with two attached hydrogens (primary N) is 2. The van der Waals surface area contributed by atoms with Gasteiger partial charge in [-0.2, -0.15) is 0 Å². The molecule has 6 N–H and O–H groups in total. The zero-order valence-electron chi connectivity index (χ0n) is 25.2. The van der Waals surface area contributed by atoms with Crippen LogP contribution in [0.2, 0.25) is 0 Å². The molecule has 2 unspecified atom stereocenters. The summed E-state index contributed by atoms with van der Waals surface area (Å²) in [7, 11) is 0. The Bertz CT molecular complexity index is 923. The van der Waals surface area contributed by atoms with E-state index < -0.39 is 6.04 Å². The lowest BCUT2D eigenvalue weighted by molar-refractivity contribution is -0.151. The molecule has 0 spiro atoms. The molecule has 220 valence electrons. The molecule has 3 aliphatic rings. The molecule has 0 aromatic carbocycles. The Hall–Kier alpha value is -2.08. The molecule has 0 saturated heterocycles. The molecule has 6 heteroatoms. The highest BCUT2D eigenvalue weighted by atomic mass is 16.5. The Kier molecular flexibility index (Phi) is 11.7. The maximum absolute atomic E-state index is 12.6. The van der Waals surface area contributed by atoms with E-state index in [-0.39, 0.29) is 18.0 Å². The Morgan fingerprint density at radius 2 is 1.92 bits per heavy atom. The molecule has 3 fully saturated rings. The second-order valence-electron chi connectivity index (χ2n) is 13.3. The molecule has 0 heterocycles. The third-order valence-corrected chi connectivity index (χ3v) is 9.93. The van der Waals surface area contributed by atoms with Gasteiger partial charge in [-0.25, -0.2) is 0 Å². The molecule has 3 aliphatic carbocycles. The van der Waals surface area contributed by atoms with E-state index in [0.29, 0.717) is 37.1 Å². The Balaban J connectivity index is 1.58. The van der Waals surface area contributed by atoms with Crippen LogP contribution in [-0.2, 0) is 9.53 Å². The molecule has 0 aromatic rings. The number of esters is 1. The highest BCUT2D eigenvalue weighted by molar-refractivity contribution is 5.76. The smallest absolute Gasteiger partial charge is 0.323 e. The third-order valence-electron chi connectivity index (χ3n) is 9.93. The molecule has 6 nitrogen and oxygen atoms in total. The van der Waals surface area contributed by atoms with Crippen LogP contribution >= 0.6 is 0 Å². The van der Waals surface area contributed by atoms with Crippen LogP contribution < -0.4 is 16.8 Å². The van der Waals surface area contributed by atoms with Crippen molar-refractivity contribution in [2.24, 2.45) is 40.6 Å². The van der Waals surface area contributed by atoms with Gasteiger partial charge in [0.1, 0.15) is 12.1 Å². The molecule has 0 aliphatic heterocycles. The number of carbonyl (C=O) groups excluding carboxylic acids is 1. The molecule has 0 radical (unpaired) electrons. The molecule has 39 heavy (non-hydrogen) atoms. The van der Waals surface area contributed by atoms with Crippen molar-refractivity contribution in [2.45, 2.75) is 123 Å². The first-order valence-corrected chi connectivity index (χ1v) is 15.6. The standard InChI is InChI=1S/C33H56N4O2/c1-22(2)9-6-10-24(4)28-17-18-29-25(11-7-19-33(28,29)5)14-15-26-21-27(16-13-23(26)3)39-31(38)30(34)12-8-20-37-32(35)36/h14-15,22,24,27-30H,3,6-13,16-21,34H2,1-2,4-5H3,(H4,35,36,37)/b25-14+,26-15-/t24-,27-,28?,29?,30+,33+/m0/s1. The van der Waals surface area contributed by atoms with Gasteiger partial charge < -0.3 is 21.5 Å². The SMILES string of the molecule is C=C1CC[C@H](OC(=O)[C@H](N)CCCNC(=N)N)C/C1=C/C=C1\CCC[C@@]2(C)C1CCC2[C@@H](C)CCCC(C)C. The van der Waals surface area contributed by atoms with Crippen LogP contribution in [0.5, 0.6) is 0 Å². The fourth-order valence-corrected chi connectivity index (χ4v) is 7.66. The number of nitrogens with one attached hydrogen (secondary N) is 2. The molecule has 0 amide bonds. The van der Waals surface area contributed by atoms with Gasteiger partial charge in [-0.1, -0.05) is 76.8 Å². The van der Waals surface area contributed by atoms with E-state index in [0.717, 1.165) is 30.6 Å². The van der Waals surface area contributed by atoms with Crippen LogP contribution in [0.4, 0.5) is 0 Å². The lowest BCUT2D eigenvalue weighted by atomic mass is 9.60. The van der Waals surface area contributed by atoms with Crippen LogP contribution in [0.1, 0.15) is 111 Å². The quantitative estimate of drug-likeness (QED) is 0.0945. The number of rotatable bonds is 12. The lowest BCUT2D eigenvalue weighted by Crippen LogP contribution is -2.37. The van der Waals surface area contributed by atoms with Gasteiger partial charge in [0, 0.05) is 13.0 Å². The molecular formula is C33H56N4O2. The van der Waals surface area contributed by atoms with Crippen molar-refractivity contribution in [3.8, 4) is 0 Å². The zero-order chi connectivity index (χ0) is 28.6. The monoisotopic (exact) mass is 540 g/mol. The predicted molar refractivity (Wildman–Crippen MR) is 162 cm³/mol. The van der Waals surface area contributed by atoms with Crippen molar-refractivity contribution in [2.75, 3.05) is 6.54 Å². The summed E-state index contributed by atoms with van der Waals surface area (Å²) in [4.78, 5) is 12.6. The van der Waals surface area contributed by atoms with Gasteiger partial charge in [-0.15, -0.1) is 0 Å². The van der Waals surface area contributed by atoms with Crippen molar-refractivity contribution in [1.29, 1.82) is 5.41 Å².